The number of aryl methyl sites for hydroxylation is 1. The Hall–Kier alpha value is -2.19. The van der Waals surface area contributed by atoms with Gasteiger partial charge in [-0.25, -0.2) is 9.97 Å². The maximum absolute atomic E-state index is 12.8. The highest BCUT2D eigenvalue weighted by molar-refractivity contribution is 5.93. The highest BCUT2D eigenvalue weighted by Gasteiger charge is 2.38. The SMILES string of the molecule is Cc1cc(C(=O)N2CCC[C@@H](C(=O)O)[C@H]2C)nc(C(F)(F)F)n1. The molecule has 1 aromatic rings. The zero-order valence-corrected chi connectivity index (χ0v) is 12.6. The minimum absolute atomic E-state index is 0.0233. The molecule has 126 valence electrons. The number of carboxylic acids is 1. The number of aromatic nitrogens is 2. The van der Waals surface area contributed by atoms with Gasteiger partial charge < -0.3 is 10.0 Å². The maximum Gasteiger partial charge on any atom is 0.451 e. The zero-order valence-electron chi connectivity index (χ0n) is 12.6. The van der Waals surface area contributed by atoms with Crippen LogP contribution in [-0.4, -0.2) is 44.4 Å². The average Bonchev–Trinajstić information content (AvgIpc) is 2.45. The number of carbonyl (C=O) groups excluding carboxylic acids is 1. The Bertz CT molecular complexity index is 633. The lowest BCUT2D eigenvalue weighted by molar-refractivity contribution is -0.145. The molecule has 23 heavy (non-hydrogen) atoms. The number of carbonyl (C=O) groups is 2. The summed E-state index contributed by atoms with van der Waals surface area (Å²) in [7, 11) is 0. The number of likely N-dealkylation sites (tertiary alicyclic amines) is 1. The molecule has 0 spiro atoms. The molecule has 2 rings (SSSR count). The number of amides is 1. The van der Waals surface area contributed by atoms with Gasteiger partial charge in [0.15, 0.2) is 0 Å². The zero-order chi connectivity index (χ0) is 17.4. The molecule has 0 saturated carbocycles. The molecule has 2 heterocycles. The van der Waals surface area contributed by atoms with Crippen molar-refractivity contribution in [3.63, 3.8) is 0 Å². The fraction of sp³-hybridized carbons (Fsp3) is 0.571. The number of halogens is 3. The van der Waals surface area contributed by atoms with Crippen LogP contribution >= 0.6 is 0 Å². The monoisotopic (exact) mass is 331 g/mol. The molecule has 0 radical (unpaired) electrons. The Morgan fingerprint density at radius 1 is 1.35 bits per heavy atom. The van der Waals surface area contributed by atoms with Gasteiger partial charge in [0, 0.05) is 18.3 Å². The largest absolute Gasteiger partial charge is 0.481 e. The van der Waals surface area contributed by atoms with Gasteiger partial charge >= 0.3 is 12.1 Å². The van der Waals surface area contributed by atoms with Crippen LogP contribution in [0.15, 0.2) is 6.07 Å². The molecular weight excluding hydrogens is 315 g/mol. The van der Waals surface area contributed by atoms with Crippen LogP contribution < -0.4 is 0 Å². The second kappa shape index (κ2) is 6.13. The summed E-state index contributed by atoms with van der Waals surface area (Å²) in [5.41, 5.74) is -0.349. The lowest BCUT2D eigenvalue weighted by Gasteiger charge is -2.37. The van der Waals surface area contributed by atoms with Crippen molar-refractivity contribution in [2.75, 3.05) is 6.54 Å². The van der Waals surface area contributed by atoms with Crippen LogP contribution in [0.4, 0.5) is 13.2 Å². The minimum atomic E-state index is -4.75. The Balaban J connectivity index is 2.33. The summed E-state index contributed by atoms with van der Waals surface area (Å²) in [5, 5.41) is 9.16. The molecule has 1 N–H and O–H groups in total. The first-order chi connectivity index (χ1) is 10.6. The second-order valence-electron chi connectivity index (χ2n) is 5.54. The van der Waals surface area contributed by atoms with Gasteiger partial charge in [-0.2, -0.15) is 13.2 Å². The van der Waals surface area contributed by atoms with E-state index in [4.69, 9.17) is 5.11 Å². The molecule has 1 aliphatic rings. The van der Waals surface area contributed by atoms with Crippen molar-refractivity contribution in [1.82, 2.24) is 14.9 Å². The van der Waals surface area contributed by atoms with E-state index in [1.54, 1.807) is 6.92 Å². The summed E-state index contributed by atoms with van der Waals surface area (Å²) >= 11 is 0. The molecule has 0 aliphatic carbocycles. The third-order valence-electron chi connectivity index (χ3n) is 3.89. The first-order valence-electron chi connectivity index (χ1n) is 7.08. The molecule has 6 nitrogen and oxygen atoms in total. The third kappa shape index (κ3) is 3.59. The molecule has 0 bridgehead atoms. The standard InChI is InChI=1S/C14H16F3N3O3/c1-7-6-10(19-13(18-7)14(15,16)17)11(21)20-5-3-4-9(8(20)2)12(22)23/h6,8-9H,3-5H2,1-2H3,(H,22,23)/t8-,9-/m1/s1. The molecule has 0 unspecified atom stereocenters. The number of alkyl halides is 3. The second-order valence-corrected chi connectivity index (χ2v) is 5.54. The summed E-state index contributed by atoms with van der Waals surface area (Å²) in [6.45, 7) is 3.20. The van der Waals surface area contributed by atoms with Crippen LogP contribution in [0.1, 0.15) is 41.8 Å². The number of aliphatic carboxylic acids is 1. The van der Waals surface area contributed by atoms with Crippen LogP contribution in [0, 0.1) is 12.8 Å². The average molecular weight is 331 g/mol. The van der Waals surface area contributed by atoms with Crippen LogP contribution in [0.3, 0.4) is 0 Å². The van der Waals surface area contributed by atoms with Gasteiger partial charge in [0.1, 0.15) is 5.69 Å². The number of nitrogens with zero attached hydrogens (tertiary/aromatic N) is 3. The molecular formula is C14H16F3N3O3. The number of piperidine rings is 1. The molecule has 9 heteroatoms. The van der Waals surface area contributed by atoms with Gasteiger partial charge in [-0.1, -0.05) is 0 Å². The van der Waals surface area contributed by atoms with E-state index < -0.39 is 35.8 Å². The Kier molecular flexibility index (Phi) is 4.58. The summed E-state index contributed by atoms with van der Waals surface area (Å²) < 4.78 is 38.3. The Labute approximate surface area is 130 Å². The topological polar surface area (TPSA) is 83.4 Å². The van der Waals surface area contributed by atoms with Crippen molar-refractivity contribution in [1.29, 1.82) is 0 Å². The predicted octanol–water partition coefficient (Wildman–Crippen LogP) is 2.13. The third-order valence-corrected chi connectivity index (χ3v) is 3.89. The number of hydrogen-bond acceptors (Lipinski definition) is 4. The quantitative estimate of drug-likeness (QED) is 0.897. The van der Waals surface area contributed by atoms with Gasteiger partial charge in [-0.15, -0.1) is 0 Å². The molecule has 1 aromatic heterocycles. The minimum Gasteiger partial charge on any atom is -0.481 e. The van der Waals surface area contributed by atoms with Gasteiger partial charge in [0.2, 0.25) is 5.82 Å². The van der Waals surface area contributed by atoms with E-state index in [2.05, 4.69) is 9.97 Å². The van der Waals surface area contributed by atoms with Crippen molar-refractivity contribution in [3.8, 4) is 0 Å². The van der Waals surface area contributed by atoms with E-state index in [9.17, 15) is 22.8 Å². The lowest BCUT2D eigenvalue weighted by Crippen LogP contribution is -2.49. The summed E-state index contributed by atoms with van der Waals surface area (Å²) in [6.07, 6.45) is -3.85. The molecule has 2 atom stereocenters. The molecule has 1 amide bonds. The lowest BCUT2D eigenvalue weighted by atomic mass is 9.90. The fourth-order valence-electron chi connectivity index (χ4n) is 2.71. The van der Waals surface area contributed by atoms with Crippen molar-refractivity contribution in [2.45, 2.75) is 38.9 Å². The van der Waals surface area contributed by atoms with Gasteiger partial charge in [0.05, 0.1) is 5.92 Å². The van der Waals surface area contributed by atoms with Crippen molar-refractivity contribution in [2.24, 2.45) is 5.92 Å². The van der Waals surface area contributed by atoms with E-state index in [1.165, 1.54) is 17.9 Å². The van der Waals surface area contributed by atoms with E-state index in [0.29, 0.717) is 12.8 Å². The van der Waals surface area contributed by atoms with Crippen molar-refractivity contribution in [3.05, 3.63) is 23.3 Å². The maximum atomic E-state index is 12.8. The highest BCUT2D eigenvalue weighted by atomic mass is 19.4. The molecule has 1 aliphatic heterocycles. The first-order valence-corrected chi connectivity index (χ1v) is 7.08. The fourth-order valence-corrected chi connectivity index (χ4v) is 2.71. The summed E-state index contributed by atoms with van der Waals surface area (Å²) in [5.74, 6) is -3.85. The normalized spacial score (nSPS) is 22.0. The Morgan fingerprint density at radius 2 is 2.00 bits per heavy atom. The smallest absolute Gasteiger partial charge is 0.451 e. The number of hydrogen-bond donors (Lipinski definition) is 1. The van der Waals surface area contributed by atoms with Crippen LogP contribution in [-0.2, 0) is 11.0 Å². The van der Waals surface area contributed by atoms with Crippen LogP contribution in [0.25, 0.3) is 0 Å². The predicted molar refractivity (Wildman–Crippen MR) is 72.6 cm³/mol. The van der Waals surface area contributed by atoms with E-state index in [0.717, 1.165) is 0 Å². The van der Waals surface area contributed by atoms with E-state index in [-0.39, 0.29) is 17.9 Å². The molecule has 0 aromatic carbocycles. The summed E-state index contributed by atoms with van der Waals surface area (Å²) in [4.78, 5) is 31.6. The molecule has 1 saturated heterocycles. The van der Waals surface area contributed by atoms with Crippen molar-refractivity contribution >= 4 is 11.9 Å². The molecule has 1 fully saturated rings. The van der Waals surface area contributed by atoms with E-state index in [1.807, 2.05) is 0 Å². The number of rotatable bonds is 2. The Morgan fingerprint density at radius 3 is 2.57 bits per heavy atom. The summed E-state index contributed by atoms with van der Waals surface area (Å²) in [6, 6.07) is 0.563. The van der Waals surface area contributed by atoms with Crippen LogP contribution in [0.5, 0.6) is 0 Å². The van der Waals surface area contributed by atoms with Gasteiger partial charge in [0.25, 0.3) is 5.91 Å². The van der Waals surface area contributed by atoms with Crippen LogP contribution in [0.2, 0.25) is 0 Å². The first kappa shape index (κ1) is 17.2. The van der Waals surface area contributed by atoms with E-state index >= 15 is 0 Å². The highest BCUT2D eigenvalue weighted by Crippen LogP contribution is 2.28. The van der Waals surface area contributed by atoms with Gasteiger partial charge in [-0.05, 0) is 32.8 Å². The van der Waals surface area contributed by atoms with Crippen molar-refractivity contribution < 1.29 is 27.9 Å². The number of carboxylic acid groups (broad SMARTS) is 1. The van der Waals surface area contributed by atoms with Gasteiger partial charge in [-0.3, -0.25) is 9.59 Å².